The minimum Gasteiger partial charge on any atom is -0.379 e. The first-order valence-corrected chi connectivity index (χ1v) is 7.49. The Labute approximate surface area is 136 Å². The van der Waals surface area contributed by atoms with Crippen LogP contribution in [0.5, 0.6) is 0 Å². The number of rotatable bonds is 12. The number of amides is 3. The lowest BCUT2D eigenvalue weighted by Crippen LogP contribution is -2.43. The highest BCUT2D eigenvalue weighted by Gasteiger charge is 2.14. The number of terminal acetylenes is 1. The van der Waals surface area contributed by atoms with Crippen molar-refractivity contribution in [3.8, 4) is 12.3 Å². The molecular weight excluding hydrogens is 300 g/mol. The molecule has 1 unspecified atom stereocenters. The van der Waals surface area contributed by atoms with E-state index in [0.717, 1.165) is 0 Å². The van der Waals surface area contributed by atoms with Gasteiger partial charge in [-0.2, -0.15) is 0 Å². The van der Waals surface area contributed by atoms with E-state index in [-0.39, 0.29) is 18.9 Å². The normalized spacial score (nSPS) is 11.6. The molecule has 0 aromatic rings. The number of hydrogen-bond donors (Lipinski definition) is 4. The molecule has 3 amide bonds. The first-order valence-electron chi connectivity index (χ1n) is 7.49. The molecule has 1 atom stereocenters. The van der Waals surface area contributed by atoms with Crippen LogP contribution in [0.25, 0.3) is 0 Å². The Morgan fingerprint density at radius 1 is 1.13 bits per heavy atom. The Bertz CT molecular complexity index is 432. The molecule has 0 aromatic heterocycles. The average Bonchev–Trinajstić information content (AvgIpc) is 2.47. The van der Waals surface area contributed by atoms with Crippen molar-refractivity contribution in [2.75, 3.05) is 26.3 Å². The van der Waals surface area contributed by atoms with Gasteiger partial charge >= 0.3 is 0 Å². The number of hydrogen-bond acceptors (Lipinski definition) is 5. The van der Waals surface area contributed by atoms with Gasteiger partial charge in [0.15, 0.2) is 6.04 Å². The highest BCUT2D eigenvalue weighted by atomic mass is 16.5. The predicted octanol–water partition coefficient (Wildman–Crippen LogP) is -1.50. The van der Waals surface area contributed by atoms with Crippen LogP contribution in [0.3, 0.4) is 0 Å². The maximum absolute atomic E-state index is 11.5. The lowest BCUT2D eigenvalue weighted by molar-refractivity contribution is -0.127. The van der Waals surface area contributed by atoms with E-state index in [0.29, 0.717) is 32.2 Å². The van der Waals surface area contributed by atoms with E-state index >= 15 is 0 Å². The smallest absolute Gasteiger partial charge is 0.252 e. The van der Waals surface area contributed by atoms with Crippen LogP contribution in [-0.4, -0.2) is 56.1 Å². The fraction of sp³-hybridized carbons (Fsp3) is 0.667. The summed E-state index contributed by atoms with van der Waals surface area (Å²) in [5.41, 5.74) is 5.00. The van der Waals surface area contributed by atoms with E-state index in [1.54, 1.807) is 0 Å². The Morgan fingerprint density at radius 2 is 1.83 bits per heavy atom. The maximum atomic E-state index is 11.5. The SMILES string of the molecule is C#CC(NC(=O)CCOCCNC(=O)CCNC(C)C)C(N)=O. The summed E-state index contributed by atoms with van der Waals surface area (Å²) in [4.78, 5) is 33.8. The molecule has 0 aliphatic heterocycles. The molecule has 23 heavy (non-hydrogen) atoms. The largest absolute Gasteiger partial charge is 0.379 e. The molecule has 8 nitrogen and oxygen atoms in total. The third-order valence-electron chi connectivity index (χ3n) is 2.70. The number of nitrogens with two attached hydrogens (primary N) is 1. The van der Waals surface area contributed by atoms with Gasteiger partial charge < -0.3 is 26.4 Å². The third kappa shape index (κ3) is 12.1. The number of primary amides is 1. The van der Waals surface area contributed by atoms with E-state index in [1.165, 1.54) is 0 Å². The molecule has 130 valence electrons. The molecule has 0 aromatic carbocycles. The van der Waals surface area contributed by atoms with Gasteiger partial charge in [-0.05, 0) is 0 Å². The molecule has 0 heterocycles. The van der Waals surface area contributed by atoms with Crippen molar-refractivity contribution in [2.24, 2.45) is 5.73 Å². The fourth-order valence-electron chi connectivity index (χ4n) is 1.52. The highest BCUT2D eigenvalue weighted by Crippen LogP contribution is 1.87. The third-order valence-corrected chi connectivity index (χ3v) is 2.70. The van der Waals surface area contributed by atoms with Crippen molar-refractivity contribution < 1.29 is 19.1 Å². The second-order valence-electron chi connectivity index (χ2n) is 5.14. The lowest BCUT2D eigenvalue weighted by atomic mass is 10.3. The number of carbonyl (C=O) groups excluding carboxylic acids is 3. The minimum atomic E-state index is -1.11. The minimum absolute atomic E-state index is 0.0533. The van der Waals surface area contributed by atoms with Gasteiger partial charge in [-0.1, -0.05) is 19.8 Å². The molecule has 0 saturated heterocycles. The van der Waals surface area contributed by atoms with Crippen molar-refractivity contribution in [3.05, 3.63) is 0 Å². The molecule has 8 heteroatoms. The molecule has 0 bridgehead atoms. The van der Waals surface area contributed by atoms with Gasteiger partial charge in [0.25, 0.3) is 5.91 Å². The Hall–Kier alpha value is -2.11. The van der Waals surface area contributed by atoms with Gasteiger partial charge in [0.2, 0.25) is 11.8 Å². The average molecular weight is 326 g/mol. The standard InChI is InChI=1S/C15H26N4O4/c1-4-12(15(16)22)19-14(21)6-9-23-10-8-18-13(20)5-7-17-11(2)3/h1,11-12,17H,5-10H2,2-3H3,(H2,16,22)(H,18,20)(H,19,21). The van der Waals surface area contributed by atoms with Crippen LogP contribution >= 0.6 is 0 Å². The number of nitrogens with one attached hydrogen (secondary N) is 3. The van der Waals surface area contributed by atoms with Crippen LogP contribution in [0.15, 0.2) is 0 Å². The summed E-state index contributed by atoms with van der Waals surface area (Å²) in [5, 5.41) is 8.15. The van der Waals surface area contributed by atoms with Gasteiger partial charge in [0.05, 0.1) is 19.6 Å². The summed E-state index contributed by atoms with van der Waals surface area (Å²) >= 11 is 0. The summed E-state index contributed by atoms with van der Waals surface area (Å²) < 4.78 is 5.21. The first-order chi connectivity index (χ1) is 10.9. The van der Waals surface area contributed by atoms with Crippen LogP contribution in [0.2, 0.25) is 0 Å². The second-order valence-corrected chi connectivity index (χ2v) is 5.14. The summed E-state index contributed by atoms with van der Waals surface area (Å²) in [6.07, 6.45) is 5.51. The van der Waals surface area contributed by atoms with Crippen LogP contribution in [-0.2, 0) is 19.1 Å². The topological polar surface area (TPSA) is 123 Å². The Morgan fingerprint density at radius 3 is 2.39 bits per heavy atom. The Balaban J connectivity index is 3.59. The molecule has 0 saturated carbocycles. The quantitative estimate of drug-likeness (QED) is 0.257. The van der Waals surface area contributed by atoms with E-state index in [2.05, 4.69) is 21.9 Å². The monoisotopic (exact) mass is 326 g/mol. The van der Waals surface area contributed by atoms with Gasteiger partial charge in [-0.15, -0.1) is 6.42 Å². The molecule has 0 radical (unpaired) electrons. The van der Waals surface area contributed by atoms with E-state index in [9.17, 15) is 14.4 Å². The van der Waals surface area contributed by atoms with Crippen molar-refractivity contribution in [3.63, 3.8) is 0 Å². The van der Waals surface area contributed by atoms with Crippen LogP contribution in [0, 0.1) is 12.3 Å². The lowest BCUT2D eigenvalue weighted by Gasteiger charge is -2.10. The van der Waals surface area contributed by atoms with E-state index < -0.39 is 17.9 Å². The molecule has 0 rings (SSSR count). The fourth-order valence-corrected chi connectivity index (χ4v) is 1.52. The second kappa shape index (κ2) is 12.4. The maximum Gasteiger partial charge on any atom is 0.252 e. The molecule has 0 spiro atoms. The summed E-state index contributed by atoms with van der Waals surface area (Å²) in [6.45, 7) is 5.48. The predicted molar refractivity (Wildman–Crippen MR) is 86.2 cm³/mol. The first kappa shape index (κ1) is 20.9. The molecule has 0 aliphatic rings. The summed E-state index contributed by atoms with van der Waals surface area (Å²) in [7, 11) is 0. The zero-order valence-corrected chi connectivity index (χ0v) is 13.7. The summed E-state index contributed by atoms with van der Waals surface area (Å²) in [6, 6.07) is -0.762. The van der Waals surface area contributed by atoms with Gasteiger partial charge in [-0.25, -0.2) is 0 Å². The van der Waals surface area contributed by atoms with Crippen LogP contribution < -0.4 is 21.7 Å². The molecule has 5 N–H and O–H groups in total. The number of ether oxygens (including phenoxy) is 1. The van der Waals surface area contributed by atoms with Gasteiger partial charge in [0.1, 0.15) is 0 Å². The Kier molecular flexibility index (Phi) is 11.3. The van der Waals surface area contributed by atoms with Crippen molar-refractivity contribution in [2.45, 2.75) is 38.8 Å². The van der Waals surface area contributed by atoms with Crippen LogP contribution in [0.4, 0.5) is 0 Å². The van der Waals surface area contributed by atoms with Gasteiger partial charge in [-0.3, -0.25) is 14.4 Å². The van der Waals surface area contributed by atoms with Crippen molar-refractivity contribution in [1.82, 2.24) is 16.0 Å². The zero-order valence-electron chi connectivity index (χ0n) is 13.7. The van der Waals surface area contributed by atoms with Gasteiger partial charge in [0, 0.05) is 25.6 Å². The molecule has 0 fully saturated rings. The summed E-state index contributed by atoms with van der Waals surface area (Å²) in [5.74, 6) is 0.820. The van der Waals surface area contributed by atoms with E-state index in [1.807, 2.05) is 13.8 Å². The zero-order chi connectivity index (χ0) is 17.7. The number of carbonyl (C=O) groups is 3. The van der Waals surface area contributed by atoms with E-state index in [4.69, 9.17) is 16.9 Å². The molecular formula is C15H26N4O4. The van der Waals surface area contributed by atoms with Crippen molar-refractivity contribution >= 4 is 17.7 Å². The molecule has 0 aliphatic carbocycles. The van der Waals surface area contributed by atoms with Crippen molar-refractivity contribution in [1.29, 1.82) is 0 Å². The highest BCUT2D eigenvalue weighted by molar-refractivity contribution is 5.89. The van der Waals surface area contributed by atoms with Crippen LogP contribution in [0.1, 0.15) is 26.7 Å².